The van der Waals surface area contributed by atoms with Crippen molar-refractivity contribution in [3.8, 4) is 5.75 Å². The third-order valence-corrected chi connectivity index (χ3v) is 2.34. The topological polar surface area (TPSA) is 22.1 Å². The number of pyridine rings is 1. The molecule has 84 valence electrons. The maximum absolute atomic E-state index is 5.77. The lowest BCUT2D eigenvalue weighted by molar-refractivity contribution is 0.193. The highest BCUT2D eigenvalue weighted by Gasteiger charge is 2.07. The summed E-state index contributed by atoms with van der Waals surface area (Å²) in [6.07, 6.45) is 3.02. The highest BCUT2D eigenvalue weighted by atomic mass is 35.5. The summed E-state index contributed by atoms with van der Waals surface area (Å²) in [7, 11) is 0. The molecule has 0 amide bonds. The van der Waals surface area contributed by atoms with E-state index < -0.39 is 0 Å². The lowest BCUT2D eigenvalue weighted by atomic mass is 10.1. The Labute approximate surface area is 96.6 Å². The molecule has 0 N–H and O–H groups in total. The quantitative estimate of drug-likeness (QED) is 0.717. The summed E-state index contributed by atoms with van der Waals surface area (Å²) >= 11 is 5.70. The third kappa shape index (κ3) is 4.52. The summed E-state index contributed by atoms with van der Waals surface area (Å²) in [4.78, 5) is 4.11. The van der Waals surface area contributed by atoms with Crippen LogP contribution >= 0.6 is 11.6 Å². The van der Waals surface area contributed by atoms with Gasteiger partial charge in [0, 0.05) is 12.3 Å². The smallest absolute Gasteiger partial charge is 0.123 e. The van der Waals surface area contributed by atoms with Gasteiger partial charge in [0.2, 0.25) is 0 Å². The molecule has 0 saturated heterocycles. The van der Waals surface area contributed by atoms with Crippen molar-refractivity contribution in [3.05, 3.63) is 24.0 Å². The Kier molecular flexibility index (Phi) is 4.89. The molecule has 0 aliphatic rings. The molecule has 1 aromatic heterocycles. The molecule has 0 spiro atoms. The van der Waals surface area contributed by atoms with E-state index in [0.717, 1.165) is 17.9 Å². The van der Waals surface area contributed by atoms with E-state index in [9.17, 15) is 0 Å². The molecule has 0 fully saturated rings. The first-order valence-corrected chi connectivity index (χ1v) is 5.82. The van der Waals surface area contributed by atoms with Gasteiger partial charge >= 0.3 is 0 Å². The lowest BCUT2D eigenvalue weighted by Gasteiger charge is -2.16. The molecule has 1 rings (SSSR count). The minimum absolute atomic E-state index is 0.232. The standard InChI is InChI=1S/C12H18ClNO/c1-9(2)6-10(3)15-12-4-5-14-11(7-12)8-13/h4-5,7,9-10H,6,8H2,1-3H3. The zero-order valence-electron chi connectivity index (χ0n) is 9.53. The number of aromatic nitrogens is 1. The summed E-state index contributed by atoms with van der Waals surface area (Å²) in [6, 6.07) is 3.76. The van der Waals surface area contributed by atoms with E-state index in [4.69, 9.17) is 16.3 Å². The van der Waals surface area contributed by atoms with Crippen LogP contribution in [0.2, 0.25) is 0 Å². The Bertz CT molecular complexity index is 301. The monoisotopic (exact) mass is 227 g/mol. The van der Waals surface area contributed by atoms with Crippen molar-refractivity contribution >= 4 is 11.6 Å². The molecule has 1 heterocycles. The predicted octanol–water partition coefficient (Wildman–Crippen LogP) is 3.63. The van der Waals surface area contributed by atoms with Gasteiger partial charge in [-0.3, -0.25) is 4.98 Å². The number of ether oxygens (including phenoxy) is 1. The van der Waals surface area contributed by atoms with Gasteiger partial charge < -0.3 is 4.74 Å². The Morgan fingerprint density at radius 1 is 1.40 bits per heavy atom. The summed E-state index contributed by atoms with van der Waals surface area (Å²) < 4.78 is 5.77. The van der Waals surface area contributed by atoms with Crippen molar-refractivity contribution in [3.63, 3.8) is 0 Å². The van der Waals surface area contributed by atoms with E-state index in [1.54, 1.807) is 6.20 Å². The first kappa shape index (κ1) is 12.3. The Balaban J connectivity index is 2.55. The zero-order valence-corrected chi connectivity index (χ0v) is 10.3. The average molecular weight is 228 g/mol. The predicted molar refractivity (Wildman–Crippen MR) is 63.3 cm³/mol. The van der Waals surface area contributed by atoms with E-state index in [1.807, 2.05) is 12.1 Å². The van der Waals surface area contributed by atoms with Crippen molar-refractivity contribution in [2.45, 2.75) is 39.2 Å². The summed E-state index contributed by atoms with van der Waals surface area (Å²) in [5.74, 6) is 1.93. The number of nitrogens with zero attached hydrogens (tertiary/aromatic N) is 1. The van der Waals surface area contributed by atoms with Gasteiger partial charge in [0.15, 0.2) is 0 Å². The molecular formula is C12H18ClNO. The minimum atomic E-state index is 0.232. The Hall–Kier alpha value is -0.760. The number of alkyl halides is 1. The van der Waals surface area contributed by atoms with Gasteiger partial charge in [0.25, 0.3) is 0 Å². The maximum Gasteiger partial charge on any atom is 0.123 e. The molecule has 0 saturated carbocycles. The second kappa shape index (κ2) is 5.96. The first-order chi connectivity index (χ1) is 7.11. The molecule has 0 bridgehead atoms. The van der Waals surface area contributed by atoms with Crippen LogP contribution in [-0.4, -0.2) is 11.1 Å². The third-order valence-electron chi connectivity index (χ3n) is 2.07. The highest BCUT2D eigenvalue weighted by molar-refractivity contribution is 6.16. The molecule has 15 heavy (non-hydrogen) atoms. The summed E-state index contributed by atoms with van der Waals surface area (Å²) in [5, 5.41) is 0. The van der Waals surface area contributed by atoms with Gasteiger partial charge in [-0.1, -0.05) is 13.8 Å². The van der Waals surface area contributed by atoms with E-state index in [-0.39, 0.29) is 6.10 Å². The number of halogens is 1. The normalized spacial score (nSPS) is 12.9. The van der Waals surface area contributed by atoms with Crippen LogP contribution in [0.15, 0.2) is 18.3 Å². The van der Waals surface area contributed by atoms with Crippen LogP contribution in [0.4, 0.5) is 0 Å². The van der Waals surface area contributed by atoms with Crippen LogP contribution < -0.4 is 4.74 Å². The molecule has 1 atom stereocenters. The van der Waals surface area contributed by atoms with Crippen molar-refractivity contribution in [1.82, 2.24) is 4.98 Å². The average Bonchev–Trinajstić information content (AvgIpc) is 2.16. The van der Waals surface area contributed by atoms with Crippen molar-refractivity contribution in [1.29, 1.82) is 0 Å². The van der Waals surface area contributed by atoms with Crippen LogP contribution in [0, 0.1) is 5.92 Å². The Morgan fingerprint density at radius 2 is 2.13 bits per heavy atom. The summed E-state index contributed by atoms with van der Waals surface area (Å²) in [5.41, 5.74) is 0.853. The minimum Gasteiger partial charge on any atom is -0.491 e. The van der Waals surface area contributed by atoms with Gasteiger partial charge in [-0.05, 0) is 25.3 Å². The number of hydrogen-bond donors (Lipinski definition) is 0. The van der Waals surface area contributed by atoms with E-state index in [2.05, 4.69) is 25.8 Å². The second-order valence-electron chi connectivity index (χ2n) is 4.17. The van der Waals surface area contributed by atoms with Gasteiger partial charge in [-0.15, -0.1) is 11.6 Å². The molecule has 0 aliphatic carbocycles. The molecule has 0 aliphatic heterocycles. The molecule has 1 aromatic rings. The highest BCUT2D eigenvalue weighted by Crippen LogP contribution is 2.16. The van der Waals surface area contributed by atoms with Gasteiger partial charge in [0.1, 0.15) is 5.75 Å². The molecule has 0 aromatic carbocycles. The SMILES string of the molecule is CC(C)CC(C)Oc1ccnc(CCl)c1. The van der Waals surface area contributed by atoms with Crippen molar-refractivity contribution < 1.29 is 4.74 Å². The Morgan fingerprint density at radius 3 is 2.73 bits per heavy atom. The molecule has 2 nitrogen and oxygen atoms in total. The fourth-order valence-corrected chi connectivity index (χ4v) is 1.69. The van der Waals surface area contributed by atoms with Crippen molar-refractivity contribution in [2.24, 2.45) is 5.92 Å². The fraction of sp³-hybridized carbons (Fsp3) is 0.583. The first-order valence-electron chi connectivity index (χ1n) is 5.29. The molecule has 3 heteroatoms. The second-order valence-corrected chi connectivity index (χ2v) is 4.44. The molecule has 0 radical (unpaired) electrons. The van der Waals surface area contributed by atoms with Crippen LogP contribution in [0.1, 0.15) is 32.9 Å². The largest absolute Gasteiger partial charge is 0.491 e. The lowest BCUT2D eigenvalue weighted by Crippen LogP contribution is -2.14. The van der Waals surface area contributed by atoms with Gasteiger partial charge in [-0.2, -0.15) is 0 Å². The summed E-state index contributed by atoms with van der Waals surface area (Å²) in [6.45, 7) is 6.47. The zero-order chi connectivity index (χ0) is 11.3. The fourth-order valence-electron chi connectivity index (χ4n) is 1.55. The van der Waals surface area contributed by atoms with Crippen LogP contribution in [0.25, 0.3) is 0 Å². The van der Waals surface area contributed by atoms with Gasteiger partial charge in [0.05, 0.1) is 17.7 Å². The van der Waals surface area contributed by atoms with E-state index >= 15 is 0 Å². The van der Waals surface area contributed by atoms with Crippen LogP contribution in [-0.2, 0) is 5.88 Å². The molecular weight excluding hydrogens is 210 g/mol. The van der Waals surface area contributed by atoms with Crippen molar-refractivity contribution in [2.75, 3.05) is 0 Å². The van der Waals surface area contributed by atoms with Gasteiger partial charge in [-0.25, -0.2) is 0 Å². The van der Waals surface area contributed by atoms with Crippen LogP contribution in [0.3, 0.4) is 0 Å². The van der Waals surface area contributed by atoms with E-state index in [0.29, 0.717) is 11.8 Å². The van der Waals surface area contributed by atoms with Crippen LogP contribution in [0.5, 0.6) is 5.75 Å². The number of rotatable bonds is 5. The maximum atomic E-state index is 5.77. The molecule has 1 unspecified atom stereocenters. The van der Waals surface area contributed by atoms with E-state index in [1.165, 1.54) is 0 Å². The number of hydrogen-bond acceptors (Lipinski definition) is 2.